The van der Waals surface area contributed by atoms with Crippen molar-refractivity contribution in [3.8, 4) is 0 Å². The lowest BCUT2D eigenvalue weighted by Gasteiger charge is -1.85. The van der Waals surface area contributed by atoms with Gasteiger partial charge in [0.15, 0.2) is 0 Å². The molecule has 0 spiro atoms. The average molecular weight is 160 g/mol. The zero-order valence-corrected chi connectivity index (χ0v) is 5.94. The van der Waals surface area contributed by atoms with Gasteiger partial charge in [0.1, 0.15) is 8.77 Å². The van der Waals surface area contributed by atoms with Crippen LogP contribution in [0.3, 0.4) is 0 Å². The number of hydrogen-bond donors (Lipinski definition) is 1. The predicted octanol–water partition coefficient (Wildman–Crippen LogP) is -0.501. The molecule has 0 aliphatic carbocycles. The number of rotatable bonds is 1. The Bertz CT molecular complexity index is 165. The average Bonchev–Trinajstić information content (AvgIpc) is 1.31. The van der Waals surface area contributed by atoms with Gasteiger partial charge in [-0.2, -0.15) is 0 Å². The molecule has 44 valence electrons. The van der Waals surface area contributed by atoms with Crippen LogP contribution >= 0.6 is 0 Å². The van der Waals surface area contributed by atoms with Gasteiger partial charge >= 0.3 is 0 Å². The minimum atomic E-state index is -3.34. The van der Waals surface area contributed by atoms with Crippen LogP contribution < -0.4 is 0 Å². The van der Waals surface area contributed by atoms with Crippen molar-refractivity contribution >= 4 is 28.8 Å². The van der Waals surface area contributed by atoms with Gasteiger partial charge in [0.05, 0.1) is 6.26 Å². The summed E-state index contributed by atoms with van der Waals surface area (Å²) in [7, 11) is -5.22. The topological polar surface area (TPSA) is 54.4 Å². The lowest BCUT2D eigenvalue weighted by molar-refractivity contribution is 0.606. The minimum Gasteiger partial charge on any atom is -0.315 e. The Morgan fingerprint density at radius 1 is 1.71 bits per heavy atom. The maximum atomic E-state index is 9.99. The first-order valence-electron chi connectivity index (χ1n) is 1.26. The van der Waals surface area contributed by atoms with Gasteiger partial charge in [-0.25, -0.2) is 8.42 Å². The van der Waals surface area contributed by atoms with Crippen LogP contribution in [0.25, 0.3) is 0 Å². The van der Waals surface area contributed by atoms with E-state index in [2.05, 4.69) is 11.2 Å². The van der Waals surface area contributed by atoms with Gasteiger partial charge in [0.25, 0.3) is 0 Å². The molecule has 6 heteroatoms. The van der Waals surface area contributed by atoms with Gasteiger partial charge in [0.2, 0.25) is 8.87 Å². The molecular weight excluding hydrogens is 156 g/mol. The largest absolute Gasteiger partial charge is 0.315 e. The van der Waals surface area contributed by atoms with Gasteiger partial charge in [0, 0.05) is 0 Å². The lowest BCUT2D eigenvalue weighted by Crippen LogP contribution is -2.01. The molecule has 0 bridgehead atoms. The second kappa shape index (κ2) is 2.17. The smallest absolute Gasteiger partial charge is 0.225 e. The van der Waals surface area contributed by atoms with Crippen molar-refractivity contribution in [2.24, 2.45) is 0 Å². The van der Waals surface area contributed by atoms with Crippen LogP contribution in [0.2, 0.25) is 0 Å². The molecule has 1 N–H and O–H groups in total. The molecule has 0 aliphatic heterocycles. The van der Waals surface area contributed by atoms with Crippen LogP contribution in [-0.4, -0.2) is 19.2 Å². The van der Waals surface area contributed by atoms with Crippen LogP contribution in [0, 0.1) is 0 Å². The second-order valence-electron chi connectivity index (χ2n) is 0.921. The van der Waals surface area contributed by atoms with E-state index in [9.17, 15) is 8.42 Å². The molecule has 7 heavy (non-hydrogen) atoms. The molecule has 0 heterocycles. The monoisotopic (exact) mass is 160 g/mol. The first-order chi connectivity index (χ1) is 2.94. The third-order valence-electron chi connectivity index (χ3n) is 0.259. The molecular formula is CH4O3S3. The van der Waals surface area contributed by atoms with Crippen LogP contribution in [0.15, 0.2) is 0 Å². The Morgan fingerprint density at radius 3 is 1.86 bits per heavy atom. The van der Waals surface area contributed by atoms with Gasteiger partial charge in [-0.1, -0.05) is 0 Å². The molecule has 0 aromatic heterocycles. The minimum absolute atomic E-state index is 0.892. The summed E-state index contributed by atoms with van der Waals surface area (Å²) in [5.41, 5.74) is 0. The molecule has 0 radical (unpaired) electrons. The molecule has 0 saturated carbocycles. The standard InChI is InChI=1S/CH4O3S3/c1-7(3,4)6(2)5/h1H3,(H,2,5). The summed E-state index contributed by atoms with van der Waals surface area (Å²) in [6.45, 7) is 0. The molecule has 0 fully saturated rings. The van der Waals surface area contributed by atoms with Gasteiger partial charge in [-0.3, -0.25) is 0 Å². The first-order valence-corrected chi connectivity index (χ1v) is 5.77. The quantitative estimate of drug-likeness (QED) is 0.525. The van der Waals surface area contributed by atoms with Gasteiger partial charge < -0.3 is 4.55 Å². The molecule has 0 aliphatic rings. The maximum absolute atomic E-state index is 9.99. The van der Waals surface area contributed by atoms with Crippen molar-refractivity contribution < 1.29 is 13.0 Å². The van der Waals surface area contributed by atoms with Gasteiger partial charge in [-0.05, 0) is 11.2 Å². The summed E-state index contributed by atoms with van der Waals surface area (Å²) in [5, 5.41) is 0. The molecule has 1 unspecified atom stereocenters. The Balaban J connectivity index is 4.43. The van der Waals surface area contributed by atoms with E-state index in [1.165, 1.54) is 0 Å². The normalized spacial score (nSPS) is 16.3. The van der Waals surface area contributed by atoms with Crippen molar-refractivity contribution in [3.63, 3.8) is 0 Å². The van der Waals surface area contributed by atoms with Crippen molar-refractivity contribution in [3.05, 3.63) is 0 Å². The van der Waals surface area contributed by atoms with E-state index in [1.54, 1.807) is 0 Å². The van der Waals surface area contributed by atoms with Crippen molar-refractivity contribution in [2.45, 2.75) is 0 Å². The Hall–Kier alpha value is 0.480. The van der Waals surface area contributed by atoms with Crippen molar-refractivity contribution in [2.75, 3.05) is 6.26 Å². The summed E-state index contributed by atoms with van der Waals surface area (Å²) in [4.78, 5) is 0. The zero-order chi connectivity index (χ0) is 6.08. The molecule has 0 saturated heterocycles. The molecule has 0 rings (SSSR count). The summed E-state index contributed by atoms with van der Waals surface area (Å²) in [6.07, 6.45) is 0.892. The van der Waals surface area contributed by atoms with E-state index >= 15 is 0 Å². The molecule has 0 amide bonds. The Kier molecular flexibility index (Phi) is 2.31. The van der Waals surface area contributed by atoms with Gasteiger partial charge in [-0.15, -0.1) is 0 Å². The van der Waals surface area contributed by atoms with E-state index in [1.807, 2.05) is 0 Å². The maximum Gasteiger partial charge on any atom is 0.225 e. The summed E-state index contributed by atoms with van der Waals surface area (Å²) in [6, 6.07) is 0. The van der Waals surface area contributed by atoms with Crippen LogP contribution in [0.4, 0.5) is 0 Å². The Labute approximate surface area is 48.5 Å². The lowest BCUT2D eigenvalue weighted by atomic mass is 12.0. The fourth-order valence-electron chi connectivity index (χ4n) is 0. The van der Waals surface area contributed by atoms with E-state index in [4.69, 9.17) is 4.55 Å². The van der Waals surface area contributed by atoms with Crippen molar-refractivity contribution in [1.29, 1.82) is 0 Å². The SMILES string of the molecule is CS(=O)(=O)S(O)=S. The highest BCUT2D eigenvalue weighted by molar-refractivity contribution is 8.76. The third kappa shape index (κ3) is 3.10. The van der Waals surface area contributed by atoms with E-state index < -0.39 is 17.6 Å². The summed E-state index contributed by atoms with van der Waals surface area (Å²) in [5.74, 6) is 0. The van der Waals surface area contributed by atoms with Crippen molar-refractivity contribution in [1.82, 2.24) is 0 Å². The van der Waals surface area contributed by atoms with Crippen LogP contribution in [-0.2, 0) is 28.8 Å². The first kappa shape index (κ1) is 7.48. The fourth-order valence-corrected chi connectivity index (χ4v) is 0. The highest BCUT2D eigenvalue weighted by Gasteiger charge is 2.01. The zero-order valence-electron chi connectivity index (χ0n) is 3.49. The summed E-state index contributed by atoms with van der Waals surface area (Å²) >= 11 is 4.01. The Morgan fingerprint density at radius 2 is 1.86 bits per heavy atom. The van der Waals surface area contributed by atoms with E-state index in [0.29, 0.717) is 0 Å². The summed E-state index contributed by atoms with van der Waals surface area (Å²) < 4.78 is 28.1. The van der Waals surface area contributed by atoms with E-state index in [-0.39, 0.29) is 0 Å². The second-order valence-corrected chi connectivity index (χ2v) is 7.11. The molecule has 1 atom stereocenters. The number of hydrogen-bond acceptors (Lipinski definition) is 3. The molecule has 0 aromatic carbocycles. The van der Waals surface area contributed by atoms with Crippen LogP contribution in [0.5, 0.6) is 0 Å². The third-order valence-corrected chi connectivity index (χ3v) is 4.56. The van der Waals surface area contributed by atoms with E-state index in [0.717, 1.165) is 6.26 Å². The highest BCUT2D eigenvalue weighted by Crippen LogP contribution is 1.85. The molecule has 3 nitrogen and oxygen atoms in total. The van der Waals surface area contributed by atoms with Crippen LogP contribution in [0.1, 0.15) is 0 Å². The highest BCUT2D eigenvalue weighted by atomic mass is 33.4. The predicted molar refractivity (Wildman–Crippen MR) is 32.2 cm³/mol. The fraction of sp³-hybridized carbons (Fsp3) is 1.00. The molecule has 0 aromatic rings.